The van der Waals surface area contributed by atoms with Gasteiger partial charge in [-0.05, 0) is 25.5 Å². The van der Waals surface area contributed by atoms with Gasteiger partial charge in [0.25, 0.3) is 5.91 Å². The molecule has 0 spiro atoms. The Morgan fingerprint density at radius 3 is 3.18 bits per heavy atom. The first-order chi connectivity index (χ1) is 8.20. The van der Waals surface area contributed by atoms with Gasteiger partial charge in [-0.15, -0.1) is 0 Å². The molecular weight excluding hydrogens is 238 g/mol. The van der Waals surface area contributed by atoms with Crippen molar-refractivity contribution in [2.45, 2.75) is 32.4 Å². The number of nitrogens with one attached hydrogen (secondary N) is 2. The molecule has 2 heterocycles. The van der Waals surface area contributed by atoms with Gasteiger partial charge in [-0.2, -0.15) is 0 Å². The van der Waals surface area contributed by atoms with Gasteiger partial charge in [0.05, 0.1) is 5.02 Å². The molecule has 2 rings (SSSR count). The molecule has 0 bridgehead atoms. The Morgan fingerprint density at radius 2 is 2.53 bits per heavy atom. The van der Waals surface area contributed by atoms with Crippen LogP contribution in [0.4, 0.5) is 0 Å². The Kier molecular flexibility index (Phi) is 4.07. The van der Waals surface area contributed by atoms with Crippen molar-refractivity contribution in [2.24, 2.45) is 0 Å². The van der Waals surface area contributed by atoms with Gasteiger partial charge in [-0.1, -0.05) is 18.5 Å². The topological polar surface area (TPSA) is 46.1 Å². The number of aromatic nitrogens is 1. The minimum absolute atomic E-state index is 0.0287. The van der Waals surface area contributed by atoms with Gasteiger partial charge in [-0.3, -0.25) is 4.79 Å². The number of amides is 1. The molecule has 1 amide bonds. The van der Waals surface area contributed by atoms with Crippen molar-refractivity contribution >= 4 is 17.5 Å². The smallest absolute Gasteiger partial charge is 0.268 e. The molecule has 1 aliphatic rings. The molecule has 1 aliphatic heterocycles. The van der Waals surface area contributed by atoms with Gasteiger partial charge in [0.1, 0.15) is 5.69 Å². The van der Waals surface area contributed by atoms with Gasteiger partial charge in [0.2, 0.25) is 0 Å². The molecule has 0 saturated carbocycles. The summed E-state index contributed by atoms with van der Waals surface area (Å²) in [5.74, 6) is -0.0287. The molecule has 1 unspecified atom stereocenters. The van der Waals surface area contributed by atoms with E-state index in [1.165, 1.54) is 0 Å². The summed E-state index contributed by atoms with van der Waals surface area (Å²) in [6.45, 7) is 4.73. The van der Waals surface area contributed by atoms with Crippen molar-refractivity contribution in [2.75, 3.05) is 13.1 Å². The van der Waals surface area contributed by atoms with E-state index in [0.29, 0.717) is 10.7 Å². The number of carbonyl (C=O) groups is 1. The van der Waals surface area contributed by atoms with Crippen molar-refractivity contribution in [1.82, 2.24) is 15.2 Å². The highest BCUT2D eigenvalue weighted by atomic mass is 35.5. The van der Waals surface area contributed by atoms with Crippen molar-refractivity contribution in [3.05, 3.63) is 23.0 Å². The molecule has 1 aromatic heterocycles. The van der Waals surface area contributed by atoms with E-state index < -0.39 is 0 Å². The third-order valence-electron chi connectivity index (χ3n) is 2.96. The predicted octanol–water partition coefficient (Wildman–Crippen LogP) is 1.64. The van der Waals surface area contributed by atoms with Crippen LogP contribution in [0.15, 0.2) is 12.3 Å². The summed E-state index contributed by atoms with van der Waals surface area (Å²) in [6, 6.07) is 1.97. The number of carbonyl (C=O) groups excluding carboxylic acids is 1. The fourth-order valence-corrected chi connectivity index (χ4v) is 2.35. The first kappa shape index (κ1) is 12.5. The quantitative estimate of drug-likeness (QED) is 0.859. The van der Waals surface area contributed by atoms with Gasteiger partial charge in [0.15, 0.2) is 0 Å². The van der Waals surface area contributed by atoms with Gasteiger partial charge < -0.3 is 15.2 Å². The normalized spacial score (nSPS) is 19.5. The van der Waals surface area contributed by atoms with Crippen LogP contribution in [0.3, 0.4) is 0 Å². The largest absolute Gasteiger partial charge is 0.347 e. The summed E-state index contributed by atoms with van der Waals surface area (Å²) >= 11 is 5.95. The second kappa shape index (κ2) is 5.56. The number of nitrogens with zero attached hydrogens (tertiary/aromatic N) is 1. The Morgan fingerprint density at radius 1 is 1.71 bits per heavy atom. The van der Waals surface area contributed by atoms with E-state index in [0.717, 1.165) is 32.5 Å². The van der Waals surface area contributed by atoms with Crippen LogP contribution in [0.5, 0.6) is 0 Å². The minimum atomic E-state index is -0.0287. The third-order valence-corrected chi connectivity index (χ3v) is 3.16. The van der Waals surface area contributed by atoms with Crippen LogP contribution >= 0.6 is 11.6 Å². The molecule has 0 aromatic carbocycles. The van der Waals surface area contributed by atoms with E-state index in [1.54, 1.807) is 6.07 Å². The monoisotopic (exact) mass is 255 g/mol. The first-order valence-corrected chi connectivity index (χ1v) is 6.45. The third kappa shape index (κ3) is 3.01. The molecule has 94 valence electrons. The predicted molar refractivity (Wildman–Crippen MR) is 68.5 cm³/mol. The maximum absolute atomic E-state index is 12.1. The van der Waals surface area contributed by atoms with Crippen molar-refractivity contribution in [1.29, 1.82) is 0 Å². The molecule has 1 aromatic rings. The van der Waals surface area contributed by atoms with E-state index in [4.69, 9.17) is 11.6 Å². The molecule has 0 aliphatic carbocycles. The van der Waals surface area contributed by atoms with E-state index in [9.17, 15) is 4.79 Å². The minimum Gasteiger partial charge on any atom is -0.347 e. The van der Waals surface area contributed by atoms with Crippen molar-refractivity contribution in [3.63, 3.8) is 0 Å². The standard InChI is InChI=1S/C12H18ClN3O/c1-2-5-16-8-9(13)6-11(16)12(17)15-10-3-4-14-7-10/h6,8,10,14H,2-5,7H2,1H3,(H,15,17). The highest BCUT2D eigenvalue weighted by Crippen LogP contribution is 2.15. The number of aryl methyl sites for hydroxylation is 1. The summed E-state index contributed by atoms with van der Waals surface area (Å²) < 4.78 is 1.92. The zero-order chi connectivity index (χ0) is 12.3. The number of halogens is 1. The summed E-state index contributed by atoms with van der Waals surface area (Å²) in [7, 11) is 0. The highest BCUT2D eigenvalue weighted by Gasteiger charge is 2.19. The molecule has 4 nitrogen and oxygen atoms in total. The number of hydrogen-bond donors (Lipinski definition) is 2. The van der Waals surface area contributed by atoms with Gasteiger partial charge in [-0.25, -0.2) is 0 Å². The van der Waals surface area contributed by atoms with Crippen LogP contribution < -0.4 is 10.6 Å². The zero-order valence-electron chi connectivity index (χ0n) is 10.0. The van der Waals surface area contributed by atoms with E-state index in [1.807, 2.05) is 10.8 Å². The van der Waals surface area contributed by atoms with Crippen LogP contribution in [0, 0.1) is 0 Å². The Balaban J connectivity index is 2.06. The number of hydrogen-bond acceptors (Lipinski definition) is 2. The SMILES string of the molecule is CCCn1cc(Cl)cc1C(=O)NC1CCNC1. The lowest BCUT2D eigenvalue weighted by Gasteiger charge is -2.12. The van der Waals surface area contributed by atoms with Crippen LogP contribution in [0.25, 0.3) is 0 Å². The Bertz CT molecular complexity index is 396. The van der Waals surface area contributed by atoms with Crippen LogP contribution in [0.1, 0.15) is 30.3 Å². The summed E-state index contributed by atoms with van der Waals surface area (Å²) in [5, 5.41) is 6.87. The molecule has 1 atom stereocenters. The maximum atomic E-state index is 12.1. The van der Waals surface area contributed by atoms with E-state index in [2.05, 4.69) is 17.6 Å². The maximum Gasteiger partial charge on any atom is 0.268 e. The highest BCUT2D eigenvalue weighted by molar-refractivity contribution is 6.31. The second-order valence-electron chi connectivity index (χ2n) is 4.40. The first-order valence-electron chi connectivity index (χ1n) is 6.08. The molecule has 2 N–H and O–H groups in total. The summed E-state index contributed by atoms with van der Waals surface area (Å²) in [6.07, 6.45) is 3.79. The van der Waals surface area contributed by atoms with E-state index >= 15 is 0 Å². The summed E-state index contributed by atoms with van der Waals surface area (Å²) in [4.78, 5) is 12.1. The van der Waals surface area contributed by atoms with Crippen molar-refractivity contribution in [3.8, 4) is 0 Å². The zero-order valence-corrected chi connectivity index (χ0v) is 10.8. The summed E-state index contributed by atoms with van der Waals surface area (Å²) in [5.41, 5.74) is 0.656. The van der Waals surface area contributed by atoms with Crippen molar-refractivity contribution < 1.29 is 4.79 Å². The molecule has 17 heavy (non-hydrogen) atoms. The average Bonchev–Trinajstić information content (AvgIpc) is 2.88. The second-order valence-corrected chi connectivity index (χ2v) is 4.84. The van der Waals surface area contributed by atoms with Crippen LogP contribution in [-0.4, -0.2) is 29.6 Å². The fraction of sp³-hybridized carbons (Fsp3) is 0.583. The van der Waals surface area contributed by atoms with Gasteiger partial charge in [0, 0.05) is 25.3 Å². The molecule has 1 saturated heterocycles. The number of rotatable bonds is 4. The molecule has 0 radical (unpaired) electrons. The molecular formula is C12H18ClN3O. The van der Waals surface area contributed by atoms with Gasteiger partial charge >= 0.3 is 0 Å². The average molecular weight is 256 g/mol. The lowest BCUT2D eigenvalue weighted by molar-refractivity contribution is 0.0930. The fourth-order valence-electron chi connectivity index (χ4n) is 2.13. The molecule has 1 fully saturated rings. The lowest BCUT2D eigenvalue weighted by Crippen LogP contribution is -2.37. The Hall–Kier alpha value is -1.00. The van der Waals surface area contributed by atoms with Crippen LogP contribution in [-0.2, 0) is 6.54 Å². The Labute approximate surface area is 106 Å². The van der Waals surface area contributed by atoms with Crippen LogP contribution in [0.2, 0.25) is 5.02 Å². The molecule has 5 heteroatoms. The lowest BCUT2D eigenvalue weighted by atomic mass is 10.2. The van der Waals surface area contributed by atoms with E-state index in [-0.39, 0.29) is 11.9 Å².